The molecule has 0 rings (SSSR count). The van der Waals surface area contributed by atoms with Gasteiger partial charge in [0.05, 0.1) is 17.4 Å². The van der Waals surface area contributed by atoms with Gasteiger partial charge in [0, 0.05) is 0 Å². The van der Waals surface area contributed by atoms with E-state index in [0.29, 0.717) is 0 Å². The molecule has 4 nitrogen and oxygen atoms in total. The van der Waals surface area contributed by atoms with E-state index in [2.05, 4.69) is 4.72 Å². The van der Waals surface area contributed by atoms with Crippen LogP contribution in [0.2, 0.25) is 0 Å². The number of rotatable bonds is 4. The molecule has 0 saturated carbocycles. The summed E-state index contributed by atoms with van der Waals surface area (Å²) in [6, 6.07) is 0. The molecular weight excluding hydrogens is 178 g/mol. The van der Waals surface area contributed by atoms with Crippen LogP contribution < -0.4 is 4.72 Å². The number of hydrogen-bond donors (Lipinski definition) is 2. The maximum atomic E-state index is 11.3. The third-order valence-electron chi connectivity index (χ3n) is 1.43. The fourth-order valence-corrected chi connectivity index (χ4v) is 1.61. The van der Waals surface area contributed by atoms with Crippen molar-refractivity contribution in [2.24, 2.45) is 0 Å². The van der Waals surface area contributed by atoms with Crippen molar-refractivity contribution in [2.75, 3.05) is 6.61 Å². The summed E-state index contributed by atoms with van der Waals surface area (Å²) in [6.45, 7) is 6.24. The Balaban J connectivity index is 4.47. The topological polar surface area (TPSA) is 66.4 Å². The van der Waals surface area contributed by atoms with Gasteiger partial charge in [0.25, 0.3) is 0 Å². The van der Waals surface area contributed by atoms with Gasteiger partial charge in [-0.2, -0.15) is 0 Å². The van der Waals surface area contributed by atoms with E-state index in [-0.39, 0.29) is 6.61 Å². The first kappa shape index (κ1) is 11.9. The van der Waals surface area contributed by atoms with Crippen LogP contribution >= 0.6 is 0 Å². The molecule has 2 N–H and O–H groups in total. The Morgan fingerprint density at radius 2 is 1.83 bits per heavy atom. The summed E-state index contributed by atoms with van der Waals surface area (Å²) in [7, 11) is -3.28. The zero-order chi connectivity index (χ0) is 9.99. The highest BCUT2D eigenvalue weighted by Gasteiger charge is 2.25. The Kier molecular flexibility index (Phi) is 3.68. The van der Waals surface area contributed by atoms with Gasteiger partial charge in [-0.1, -0.05) is 0 Å². The third-order valence-corrected chi connectivity index (χ3v) is 3.51. The molecule has 0 aromatic carbocycles. The minimum absolute atomic E-state index is 0.209. The molecule has 0 heterocycles. The zero-order valence-electron chi connectivity index (χ0n) is 7.96. The molecule has 5 heteroatoms. The number of nitrogens with one attached hydrogen (secondary N) is 1. The minimum atomic E-state index is -3.28. The SMILES string of the molecule is CC(C)S(=O)(=O)NC(C)(C)CO. The van der Waals surface area contributed by atoms with Gasteiger partial charge in [-0.3, -0.25) is 0 Å². The first-order valence-electron chi connectivity index (χ1n) is 3.85. The standard InChI is InChI=1S/C7H17NO3S/c1-6(2)12(10,11)8-7(3,4)5-9/h6,8-9H,5H2,1-4H3. The average molecular weight is 195 g/mol. The van der Waals surface area contributed by atoms with Gasteiger partial charge in [0.15, 0.2) is 0 Å². The lowest BCUT2D eigenvalue weighted by Gasteiger charge is -2.24. The Morgan fingerprint density at radius 1 is 1.42 bits per heavy atom. The Labute approximate surface area is 74.0 Å². The zero-order valence-corrected chi connectivity index (χ0v) is 8.77. The van der Waals surface area contributed by atoms with Gasteiger partial charge < -0.3 is 5.11 Å². The molecule has 0 aliphatic heterocycles. The van der Waals surface area contributed by atoms with Gasteiger partial charge in [-0.15, -0.1) is 0 Å². The molecule has 74 valence electrons. The van der Waals surface area contributed by atoms with Gasteiger partial charge >= 0.3 is 0 Å². The lowest BCUT2D eigenvalue weighted by atomic mass is 10.1. The van der Waals surface area contributed by atoms with Crippen molar-refractivity contribution in [3.63, 3.8) is 0 Å². The van der Waals surface area contributed by atoms with Crippen LogP contribution in [0.3, 0.4) is 0 Å². The number of aliphatic hydroxyl groups is 1. The van der Waals surface area contributed by atoms with Crippen LogP contribution in [0.25, 0.3) is 0 Å². The lowest BCUT2D eigenvalue weighted by Crippen LogP contribution is -2.48. The fraction of sp³-hybridized carbons (Fsp3) is 1.00. The van der Waals surface area contributed by atoms with Crippen molar-refractivity contribution in [1.82, 2.24) is 4.72 Å². The molecular formula is C7H17NO3S. The lowest BCUT2D eigenvalue weighted by molar-refractivity contribution is 0.208. The van der Waals surface area contributed by atoms with E-state index >= 15 is 0 Å². The maximum Gasteiger partial charge on any atom is 0.214 e. The van der Waals surface area contributed by atoms with E-state index in [4.69, 9.17) is 5.11 Å². The molecule has 0 spiro atoms. The summed E-state index contributed by atoms with van der Waals surface area (Å²) in [6.07, 6.45) is 0. The van der Waals surface area contributed by atoms with Crippen molar-refractivity contribution in [3.05, 3.63) is 0 Å². The second-order valence-electron chi connectivity index (χ2n) is 3.74. The average Bonchev–Trinajstić information content (AvgIpc) is 1.85. The van der Waals surface area contributed by atoms with E-state index in [1.54, 1.807) is 27.7 Å². The first-order chi connectivity index (χ1) is 5.21. The molecule has 0 aliphatic carbocycles. The van der Waals surface area contributed by atoms with Crippen LogP contribution in [0.15, 0.2) is 0 Å². The number of hydrogen-bond acceptors (Lipinski definition) is 3. The van der Waals surface area contributed by atoms with Crippen molar-refractivity contribution in [3.8, 4) is 0 Å². The van der Waals surface area contributed by atoms with Crippen molar-refractivity contribution >= 4 is 10.0 Å². The van der Waals surface area contributed by atoms with E-state index in [1.807, 2.05) is 0 Å². The normalized spacial score (nSPS) is 13.8. The highest BCUT2D eigenvalue weighted by Crippen LogP contribution is 2.06. The summed E-state index contributed by atoms with van der Waals surface area (Å²) >= 11 is 0. The van der Waals surface area contributed by atoms with Crippen LogP contribution in [-0.2, 0) is 10.0 Å². The Hall–Kier alpha value is -0.130. The number of sulfonamides is 1. The highest BCUT2D eigenvalue weighted by atomic mass is 32.2. The van der Waals surface area contributed by atoms with E-state index in [9.17, 15) is 8.42 Å². The van der Waals surface area contributed by atoms with Crippen LogP contribution in [-0.4, -0.2) is 30.9 Å². The first-order valence-corrected chi connectivity index (χ1v) is 5.39. The minimum Gasteiger partial charge on any atom is -0.394 e. The predicted molar refractivity (Wildman–Crippen MR) is 48.4 cm³/mol. The highest BCUT2D eigenvalue weighted by molar-refractivity contribution is 7.90. The molecule has 0 aromatic heterocycles. The molecule has 0 aliphatic rings. The van der Waals surface area contributed by atoms with Crippen LogP contribution in [0.4, 0.5) is 0 Å². The van der Waals surface area contributed by atoms with Gasteiger partial charge in [0.2, 0.25) is 10.0 Å². The predicted octanol–water partition coefficient (Wildman–Crippen LogP) is 0.0851. The van der Waals surface area contributed by atoms with E-state index in [0.717, 1.165) is 0 Å². The summed E-state index contributed by atoms with van der Waals surface area (Å²) in [5, 5.41) is 8.34. The number of aliphatic hydroxyl groups excluding tert-OH is 1. The molecule has 0 fully saturated rings. The third kappa shape index (κ3) is 3.51. The largest absolute Gasteiger partial charge is 0.394 e. The van der Waals surface area contributed by atoms with E-state index < -0.39 is 20.8 Å². The van der Waals surface area contributed by atoms with Gasteiger partial charge in [0.1, 0.15) is 0 Å². The summed E-state index contributed by atoms with van der Waals surface area (Å²) in [5.41, 5.74) is -0.775. The molecule has 0 atom stereocenters. The smallest absolute Gasteiger partial charge is 0.214 e. The molecule has 0 unspecified atom stereocenters. The fourth-order valence-electron chi connectivity index (χ4n) is 0.535. The molecule has 0 amide bonds. The van der Waals surface area contributed by atoms with Crippen LogP contribution in [0, 0.1) is 0 Å². The summed E-state index contributed by atoms with van der Waals surface area (Å²) in [4.78, 5) is 0. The van der Waals surface area contributed by atoms with Crippen molar-refractivity contribution in [2.45, 2.75) is 38.5 Å². The van der Waals surface area contributed by atoms with Crippen LogP contribution in [0.1, 0.15) is 27.7 Å². The molecule has 0 aromatic rings. The van der Waals surface area contributed by atoms with Crippen molar-refractivity contribution in [1.29, 1.82) is 0 Å². The van der Waals surface area contributed by atoms with Gasteiger partial charge in [-0.25, -0.2) is 13.1 Å². The monoisotopic (exact) mass is 195 g/mol. The van der Waals surface area contributed by atoms with E-state index in [1.165, 1.54) is 0 Å². The van der Waals surface area contributed by atoms with Gasteiger partial charge in [-0.05, 0) is 27.7 Å². The molecule has 12 heavy (non-hydrogen) atoms. The second-order valence-corrected chi connectivity index (χ2v) is 5.97. The summed E-state index contributed by atoms with van der Waals surface area (Å²) in [5.74, 6) is 0. The molecule has 0 saturated heterocycles. The summed E-state index contributed by atoms with van der Waals surface area (Å²) < 4.78 is 25.0. The second kappa shape index (κ2) is 3.72. The maximum absolute atomic E-state index is 11.3. The van der Waals surface area contributed by atoms with Crippen LogP contribution in [0.5, 0.6) is 0 Å². The quantitative estimate of drug-likeness (QED) is 0.668. The Bertz CT molecular complexity index is 231. The molecule has 0 radical (unpaired) electrons. The Morgan fingerprint density at radius 3 is 2.08 bits per heavy atom. The van der Waals surface area contributed by atoms with Crippen molar-refractivity contribution < 1.29 is 13.5 Å². The molecule has 0 bridgehead atoms.